The van der Waals surface area contributed by atoms with Gasteiger partial charge in [0.1, 0.15) is 11.3 Å². The fraction of sp³-hybridized carbons (Fsp3) is 0.353. The van der Waals surface area contributed by atoms with Crippen LogP contribution in [-0.2, 0) is 14.3 Å². The van der Waals surface area contributed by atoms with Crippen molar-refractivity contribution >= 4 is 28.7 Å². The summed E-state index contributed by atoms with van der Waals surface area (Å²) in [7, 11) is 0. The summed E-state index contributed by atoms with van der Waals surface area (Å²) in [6.07, 6.45) is -0.716. The first kappa shape index (κ1) is 16.7. The summed E-state index contributed by atoms with van der Waals surface area (Å²) in [5.41, 5.74) is -0.305. The highest BCUT2D eigenvalue weighted by atomic mass is 16.6. The molecule has 1 aromatic carbocycles. The van der Waals surface area contributed by atoms with Crippen LogP contribution in [0.25, 0.3) is 10.9 Å². The van der Waals surface area contributed by atoms with Gasteiger partial charge in [0.2, 0.25) is 0 Å². The molecular formula is C17H19NO5. The molecule has 0 fully saturated rings. The number of para-hydroxylation sites is 1. The molecule has 6 nitrogen and oxygen atoms in total. The van der Waals surface area contributed by atoms with E-state index in [1.807, 2.05) is 0 Å². The number of aromatic nitrogens is 1. The van der Waals surface area contributed by atoms with Crippen LogP contribution in [0, 0.1) is 0 Å². The summed E-state index contributed by atoms with van der Waals surface area (Å²) in [6, 6.07) is 8.43. The highest BCUT2D eigenvalue weighted by Gasteiger charge is 2.28. The molecule has 0 saturated carbocycles. The summed E-state index contributed by atoms with van der Waals surface area (Å²) >= 11 is 0. The topological polar surface area (TPSA) is 74.6 Å². The number of carbonyl (C=O) groups excluding carboxylic acids is 3. The van der Waals surface area contributed by atoms with Crippen molar-refractivity contribution in [1.29, 1.82) is 0 Å². The molecule has 0 aliphatic carbocycles. The summed E-state index contributed by atoms with van der Waals surface area (Å²) in [4.78, 5) is 36.5. The third kappa shape index (κ3) is 3.59. The average molecular weight is 317 g/mol. The second kappa shape index (κ2) is 6.24. The molecule has 2 rings (SSSR count). The molecule has 23 heavy (non-hydrogen) atoms. The lowest BCUT2D eigenvalue weighted by Crippen LogP contribution is -2.30. The minimum Gasteiger partial charge on any atom is -0.460 e. The maximum Gasteiger partial charge on any atom is 0.419 e. The monoisotopic (exact) mass is 317 g/mol. The van der Waals surface area contributed by atoms with E-state index in [9.17, 15) is 14.4 Å². The van der Waals surface area contributed by atoms with E-state index in [-0.39, 0.29) is 12.3 Å². The van der Waals surface area contributed by atoms with E-state index >= 15 is 0 Å². The first-order valence-electron chi connectivity index (χ1n) is 7.30. The number of rotatable bonds is 3. The molecule has 122 valence electrons. The van der Waals surface area contributed by atoms with Crippen LogP contribution in [0.3, 0.4) is 0 Å². The standard InChI is InChI=1S/C17H19NO5/c1-5-22-15(20)14(19)13-10-11-8-6-7-9-12(11)18(13)16(21)23-17(2,3)4/h6-10H,5H2,1-4H3. The van der Waals surface area contributed by atoms with Crippen LogP contribution < -0.4 is 0 Å². The van der Waals surface area contributed by atoms with Gasteiger partial charge in [0.25, 0.3) is 5.78 Å². The Hall–Kier alpha value is -2.63. The van der Waals surface area contributed by atoms with E-state index in [0.29, 0.717) is 10.9 Å². The molecule has 0 aliphatic heterocycles. The third-order valence-corrected chi connectivity index (χ3v) is 2.98. The van der Waals surface area contributed by atoms with E-state index in [1.165, 1.54) is 6.07 Å². The Balaban J connectivity index is 2.56. The number of Topliss-reactive ketones (excluding diaryl/α,β-unsaturated/α-hetero) is 1. The average Bonchev–Trinajstić information content (AvgIpc) is 2.84. The number of benzene rings is 1. The van der Waals surface area contributed by atoms with Gasteiger partial charge >= 0.3 is 12.1 Å². The van der Waals surface area contributed by atoms with Crippen LogP contribution in [0.1, 0.15) is 38.2 Å². The smallest absolute Gasteiger partial charge is 0.419 e. The number of ketones is 1. The normalized spacial score (nSPS) is 11.3. The Bertz CT molecular complexity index is 767. The molecule has 0 spiro atoms. The predicted octanol–water partition coefficient (Wildman–Crippen LogP) is 3.17. The van der Waals surface area contributed by atoms with Crippen LogP contribution in [0.4, 0.5) is 4.79 Å². The van der Waals surface area contributed by atoms with Crippen LogP contribution in [0.2, 0.25) is 0 Å². The summed E-state index contributed by atoms with van der Waals surface area (Å²) in [6.45, 7) is 6.86. The molecule has 1 heterocycles. The lowest BCUT2D eigenvalue weighted by atomic mass is 10.2. The van der Waals surface area contributed by atoms with Crippen molar-refractivity contribution in [3.8, 4) is 0 Å². The zero-order valence-electron chi connectivity index (χ0n) is 13.6. The molecule has 0 saturated heterocycles. The summed E-state index contributed by atoms with van der Waals surface area (Å²) < 4.78 is 11.2. The Morgan fingerprint density at radius 3 is 2.39 bits per heavy atom. The van der Waals surface area contributed by atoms with E-state index in [4.69, 9.17) is 9.47 Å². The molecule has 1 aromatic heterocycles. The van der Waals surface area contributed by atoms with E-state index in [2.05, 4.69) is 0 Å². The van der Waals surface area contributed by atoms with Gasteiger partial charge in [-0.2, -0.15) is 0 Å². The van der Waals surface area contributed by atoms with Crippen LogP contribution in [0.15, 0.2) is 30.3 Å². The van der Waals surface area contributed by atoms with E-state index in [0.717, 1.165) is 4.57 Å². The zero-order valence-corrected chi connectivity index (χ0v) is 13.6. The first-order valence-corrected chi connectivity index (χ1v) is 7.30. The van der Waals surface area contributed by atoms with Crippen molar-refractivity contribution in [2.75, 3.05) is 6.61 Å². The summed E-state index contributed by atoms with van der Waals surface area (Å²) in [5, 5.41) is 0.658. The quantitative estimate of drug-likeness (QED) is 0.494. The van der Waals surface area contributed by atoms with Crippen LogP contribution in [-0.4, -0.2) is 34.6 Å². The molecule has 0 atom stereocenters. The van der Waals surface area contributed by atoms with Gasteiger partial charge in [-0.1, -0.05) is 18.2 Å². The number of nitrogens with zero attached hydrogens (tertiary/aromatic N) is 1. The number of hydrogen-bond acceptors (Lipinski definition) is 5. The van der Waals surface area contributed by atoms with Gasteiger partial charge < -0.3 is 9.47 Å². The van der Waals surface area contributed by atoms with Gasteiger partial charge in [0, 0.05) is 5.39 Å². The minimum absolute atomic E-state index is 0.0705. The van der Waals surface area contributed by atoms with Crippen LogP contribution >= 0.6 is 0 Å². The number of carbonyl (C=O) groups is 3. The second-order valence-electron chi connectivity index (χ2n) is 5.95. The molecule has 0 bridgehead atoms. The fourth-order valence-electron chi connectivity index (χ4n) is 2.13. The van der Waals surface area contributed by atoms with E-state index in [1.54, 1.807) is 52.0 Å². The molecule has 2 aromatic rings. The predicted molar refractivity (Wildman–Crippen MR) is 84.5 cm³/mol. The second-order valence-corrected chi connectivity index (χ2v) is 5.95. The molecule has 0 radical (unpaired) electrons. The van der Waals surface area contributed by atoms with Gasteiger partial charge in [-0.25, -0.2) is 14.2 Å². The van der Waals surface area contributed by atoms with Crippen molar-refractivity contribution in [1.82, 2.24) is 4.57 Å². The third-order valence-electron chi connectivity index (χ3n) is 2.98. The fourth-order valence-corrected chi connectivity index (χ4v) is 2.13. The maximum atomic E-state index is 12.5. The van der Waals surface area contributed by atoms with Crippen LogP contribution in [0.5, 0.6) is 0 Å². The van der Waals surface area contributed by atoms with Crippen molar-refractivity contribution < 1.29 is 23.9 Å². The highest BCUT2D eigenvalue weighted by Crippen LogP contribution is 2.22. The number of fused-ring (bicyclic) bond motifs is 1. The minimum atomic E-state index is -1.000. The highest BCUT2D eigenvalue weighted by molar-refractivity contribution is 6.41. The van der Waals surface area contributed by atoms with Crippen molar-refractivity contribution in [2.24, 2.45) is 0 Å². The maximum absolute atomic E-state index is 12.5. The Morgan fingerprint density at radius 1 is 1.13 bits per heavy atom. The van der Waals surface area contributed by atoms with Gasteiger partial charge in [-0.3, -0.25) is 4.79 Å². The van der Waals surface area contributed by atoms with E-state index < -0.39 is 23.4 Å². The number of esters is 1. The van der Waals surface area contributed by atoms with Crippen molar-refractivity contribution in [2.45, 2.75) is 33.3 Å². The van der Waals surface area contributed by atoms with Gasteiger partial charge in [-0.05, 0) is 39.8 Å². The SMILES string of the molecule is CCOC(=O)C(=O)c1cc2ccccc2n1C(=O)OC(C)(C)C. The van der Waals surface area contributed by atoms with Crippen molar-refractivity contribution in [3.05, 3.63) is 36.0 Å². The lowest BCUT2D eigenvalue weighted by Gasteiger charge is -2.20. The zero-order chi connectivity index (χ0) is 17.2. The number of hydrogen-bond donors (Lipinski definition) is 0. The number of ether oxygens (including phenoxy) is 2. The summed E-state index contributed by atoms with van der Waals surface area (Å²) in [5.74, 6) is -1.88. The molecule has 6 heteroatoms. The molecule has 0 amide bonds. The molecule has 0 N–H and O–H groups in total. The first-order chi connectivity index (χ1) is 10.7. The Kier molecular flexibility index (Phi) is 4.54. The molecular weight excluding hydrogens is 298 g/mol. The Labute approximate surface area is 134 Å². The lowest BCUT2D eigenvalue weighted by molar-refractivity contribution is -0.137. The largest absolute Gasteiger partial charge is 0.460 e. The molecule has 0 aliphatic rings. The van der Waals surface area contributed by atoms with Gasteiger partial charge in [0.15, 0.2) is 0 Å². The van der Waals surface area contributed by atoms with Crippen molar-refractivity contribution in [3.63, 3.8) is 0 Å². The van der Waals surface area contributed by atoms with Gasteiger partial charge in [0.05, 0.1) is 12.1 Å². The van der Waals surface area contributed by atoms with Gasteiger partial charge in [-0.15, -0.1) is 0 Å². The Morgan fingerprint density at radius 2 is 1.78 bits per heavy atom. The molecule has 0 unspecified atom stereocenters.